The van der Waals surface area contributed by atoms with Gasteiger partial charge >= 0.3 is 18.0 Å². The van der Waals surface area contributed by atoms with E-state index in [2.05, 4.69) is 29.6 Å². The lowest BCUT2D eigenvalue weighted by atomic mass is 9.96. The quantitative estimate of drug-likeness (QED) is 0.111. The van der Waals surface area contributed by atoms with Crippen LogP contribution in [0.1, 0.15) is 37.0 Å². The van der Waals surface area contributed by atoms with Crippen LogP contribution in [0.2, 0.25) is 0 Å². The van der Waals surface area contributed by atoms with Crippen molar-refractivity contribution in [2.75, 3.05) is 13.1 Å². The molecule has 0 radical (unpaired) electrons. The maximum absolute atomic E-state index is 13.8. The number of carboxylic acid groups (broad SMARTS) is 1. The summed E-state index contributed by atoms with van der Waals surface area (Å²) in [5.41, 5.74) is 4.88. The molecule has 0 saturated heterocycles. The largest absolute Gasteiger partial charge is 0.480 e. The highest BCUT2D eigenvalue weighted by Gasteiger charge is 2.29. The molecule has 252 valence electrons. The zero-order valence-electron chi connectivity index (χ0n) is 28.1. The number of fused-ring (bicyclic) bond motifs is 1. The highest BCUT2D eigenvalue weighted by Crippen LogP contribution is 2.29. The second-order valence-corrected chi connectivity index (χ2v) is 12.9. The van der Waals surface area contributed by atoms with E-state index in [9.17, 15) is 19.5 Å². The van der Waals surface area contributed by atoms with E-state index in [1.807, 2.05) is 117 Å². The number of benzene rings is 5. The van der Waals surface area contributed by atoms with Crippen molar-refractivity contribution in [2.45, 2.75) is 45.8 Å². The molecule has 7 heteroatoms. The van der Waals surface area contributed by atoms with Crippen LogP contribution in [0.15, 0.2) is 127 Å². The van der Waals surface area contributed by atoms with Gasteiger partial charge in [-0.2, -0.15) is 0 Å². The normalized spacial score (nSPS) is 12.3. The number of hydrogen-bond donors (Lipinski definition) is 2. The molecular formula is C42H44N2O5. The predicted molar refractivity (Wildman–Crippen MR) is 194 cm³/mol. The van der Waals surface area contributed by atoms with Crippen LogP contribution in [0.4, 0.5) is 4.79 Å². The Morgan fingerprint density at radius 1 is 0.714 bits per heavy atom. The molecule has 0 aliphatic heterocycles. The first kappa shape index (κ1) is 34.9. The van der Waals surface area contributed by atoms with Crippen molar-refractivity contribution in [1.82, 2.24) is 10.2 Å². The molecule has 0 aliphatic carbocycles. The van der Waals surface area contributed by atoms with Crippen molar-refractivity contribution in [3.8, 4) is 11.1 Å². The Kier molecular flexibility index (Phi) is 12.2. The molecule has 0 spiro atoms. The average molecular weight is 657 g/mol. The number of esters is 1. The van der Waals surface area contributed by atoms with E-state index in [-0.39, 0.29) is 31.5 Å². The van der Waals surface area contributed by atoms with Gasteiger partial charge in [0.15, 0.2) is 0 Å². The van der Waals surface area contributed by atoms with E-state index in [0.717, 1.165) is 38.6 Å². The second-order valence-electron chi connectivity index (χ2n) is 12.9. The third-order valence-electron chi connectivity index (χ3n) is 8.59. The number of nitrogens with one attached hydrogen (secondary N) is 1. The lowest BCUT2D eigenvalue weighted by Crippen LogP contribution is -2.51. The van der Waals surface area contributed by atoms with Crippen LogP contribution >= 0.6 is 0 Å². The maximum atomic E-state index is 13.8. The van der Waals surface area contributed by atoms with Crippen LogP contribution in [0, 0.1) is 11.8 Å². The van der Waals surface area contributed by atoms with Crippen molar-refractivity contribution < 1.29 is 24.2 Å². The third-order valence-corrected chi connectivity index (χ3v) is 8.59. The average Bonchev–Trinajstić information content (AvgIpc) is 3.12. The fraction of sp³-hybridized carbons (Fsp3) is 0.262. The van der Waals surface area contributed by atoms with Crippen molar-refractivity contribution in [3.63, 3.8) is 0 Å². The highest BCUT2D eigenvalue weighted by molar-refractivity contribution is 5.96. The highest BCUT2D eigenvalue weighted by atomic mass is 16.5. The van der Waals surface area contributed by atoms with Crippen molar-refractivity contribution in [3.05, 3.63) is 144 Å². The number of carbonyl (C=O) groups is 3. The van der Waals surface area contributed by atoms with Gasteiger partial charge in [-0.1, -0.05) is 141 Å². The number of amides is 2. The van der Waals surface area contributed by atoms with Gasteiger partial charge in [-0.05, 0) is 57.3 Å². The molecule has 2 amide bonds. The summed E-state index contributed by atoms with van der Waals surface area (Å²) < 4.78 is 5.74. The molecule has 0 unspecified atom stereocenters. The Morgan fingerprint density at radius 2 is 1.35 bits per heavy atom. The molecule has 5 aromatic rings. The molecule has 7 nitrogen and oxygen atoms in total. The van der Waals surface area contributed by atoms with Gasteiger partial charge in [-0.3, -0.25) is 4.79 Å². The van der Waals surface area contributed by atoms with Gasteiger partial charge in [0.25, 0.3) is 0 Å². The zero-order valence-corrected chi connectivity index (χ0v) is 28.1. The van der Waals surface area contributed by atoms with E-state index in [4.69, 9.17) is 4.74 Å². The van der Waals surface area contributed by atoms with Gasteiger partial charge in [0, 0.05) is 19.5 Å². The van der Waals surface area contributed by atoms with Gasteiger partial charge in [0.05, 0.1) is 5.92 Å². The molecule has 2 N–H and O–H groups in total. The minimum absolute atomic E-state index is 0.0887. The predicted octanol–water partition coefficient (Wildman–Crippen LogP) is 8.16. The number of aliphatic carboxylic acids is 1. The van der Waals surface area contributed by atoms with Crippen molar-refractivity contribution in [2.24, 2.45) is 11.8 Å². The van der Waals surface area contributed by atoms with Crippen molar-refractivity contribution in [1.29, 1.82) is 0 Å². The van der Waals surface area contributed by atoms with E-state index < -0.39 is 24.0 Å². The summed E-state index contributed by atoms with van der Waals surface area (Å²) >= 11 is 0. The molecular weight excluding hydrogens is 612 g/mol. The van der Waals surface area contributed by atoms with Gasteiger partial charge in [-0.25, -0.2) is 9.59 Å². The molecule has 0 aromatic heterocycles. The molecule has 0 bridgehead atoms. The Bertz CT molecular complexity index is 1820. The number of nitrogens with zero attached hydrogens (tertiary/aromatic N) is 1. The fourth-order valence-electron chi connectivity index (χ4n) is 6.04. The Hall–Kier alpha value is -5.43. The van der Waals surface area contributed by atoms with Crippen LogP contribution in [-0.4, -0.2) is 47.1 Å². The topological polar surface area (TPSA) is 95.9 Å². The third kappa shape index (κ3) is 10.0. The molecule has 0 heterocycles. The van der Waals surface area contributed by atoms with Gasteiger partial charge < -0.3 is 20.1 Å². The van der Waals surface area contributed by atoms with Crippen LogP contribution in [0.3, 0.4) is 0 Å². The number of hydrogen-bond acceptors (Lipinski definition) is 4. The van der Waals surface area contributed by atoms with E-state index in [0.29, 0.717) is 19.4 Å². The van der Waals surface area contributed by atoms with E-state index in [1.54, 1.807) is 4.90 Å². The number of urea groups is 1. The Balaban J connectivity index is 1.29. The van der Waals surface area contributed by atoms with Crippen LogP contribution in [0.5, 0.6) is 0 Å². The van der Waals surface area contributed by atoms with E-state index in [1.165, 1.54) is 0 Å². The van der Waals surface area contributed by atoms with Gasteiger partial charge in [0.1, 0.15) is 12.6 Å². The minimum atomic E-state index is -1.15. The van der Waals surface area contributed by atoms with E-state index >= 15 is 0 Å². The standard InChI is InChI=1S/C42H44N2O5/c1-30(2)27-44(28-36(25-20-31-12-5-3-6-13-31)41(47)49-29-33-14-7-4-8-15-33)42(48)43-39(40(45)46)26-32-21-23-35(24-22-32)38-19-11-17-34-16-9-10-18-37(34)38/h3-19,21-24,30,36,39H,20,25-29H2,1-2H3,(H,43,48)(H,45,46)/t36-,39-/m0/s1. The lowest BCUT2D eigenvalue weighted by molar-refractivity contribution is -0.150. The fourth-order valence-corrected chi connectivity index (χ4v) is 6.04. The molecule has 5 rings (SSSR count). The summed E-state index contributed by atoms with van der Waals surface area (Å²) in [7, 11) is 0. The number of carboxylic acids is 1. The van der Waals surface area contributed by atoms with Crippen LogP contribution < -0.4 is 5.32 Å². The molecule has 0 fully saturated rings. The summed E-state index contributed by atoms with van der Waals surface area (Å²) in [5, 5.41) is 15.2. The summed E-state index contributed by atoms with van der Waals surface area (Å²) in [6.07, 6.45) is 1.23. The van der Waals surface area contributed by atoms with Crippen LogP contribution in [0.25, 0.3) is 21.9 Å². The smallest absolute Gasteiger partial charge is 0.326 e. The first-order valence-corrected chi connectivity index (χ1v) is 16.9. The van der Waals surface area contributed by atoms with Gasteiger partial charge in [0.2, 0.25) is 0 Å². The number of ether oxygens (including phenoxy) is 1. The Labute approximate surface area is 288 Å². The Morgan fingerprint density at radius 3 is 2.02 bits per heavy atom. The number of carbonyl (C=O) groups excluding carboxylic acids is 2. The summed E-state index contributed by atoms with van der Waals surface area (Å²) in [6.45, 7) is 4.57. The van der Waals surface area contributed by atoms with Crippen LogP contribution in [-0.2, 0) is 33.8 Å². The summed E-state index contributed by atoms with van der Waals surface area (Å²) in [6, 6.07) is 39.9. The SMILES string of the molecule is CC(C)CN(C[C@H](CCc1ccccc1)C(=O)OCc1ccccc1)C(=O)N[C@@H](Cc1ccc(-c2cccc3ccccc23)cc1)C(=O)O. The first-order valence-electron chi connectivity index (χ1n) is 16.9. The molecule has 0 saturated carbocycles. The molecule has 2 atom stereocenters. The maximum Gasteiger partial charge on any atom is 0.326 e. The number of aryl methyl sites for hydroxylation is 1. The van der Waals surface area contributed by atoms with Crippen molar-refractivity contribution >= 4 is 28.7 Å². The lowest BCUT2D eigenvalue weighted by Gasteiger charge is -2.30. The molecule has 49 heavy (non-hydrogen) atoms. The monoisotopic (exact) mass is 656 g/mol. The second kappa shape index (κ2) is 17.1. The zero-order chi connectivity index (χ0) is 34.6. The summed E-state index contributed by atoms with van der Waals surface area (Å²) in [5.74, 6) is -2.02. The summed E-state index contributed by atoms with van der Waals surface area (Å²) in [4.78, 5) is 41.2. The molecule has 0 aliphatic rings. The van der Waals surface area contributed by atoms with Gasteiger partial charge in [-0.15, -0.1) is 0 Å². The number of rotatable bonds is 15. The first-order chi connectivity index (χ1) is 23.8. The minimum Gasteiger partial charge on any atom is -0.480 e. The molecule has 5 aromatic carbocycles.